The maximum absolute atomic E-state index is 10.1. The molecule has 78 valence electrons. The lowest BCUT2D eigenvalue weighted by molar-refractivity contribution is 0.0683. The van der Waals surface area contributed by atoms with Gasteiger partial charge >= 0.3 is 0 Å². The van der Waals surface area contributed by atoms with Crippen molar-refractivity contribution in [3.63, 3.8) is 0 Å². The van der Waals surface area contributed by atoms with Crippen molar-refractivity contribution >= 4 is 10.9 Å². The number of nitrogens with two attached hydrogens (primary N) is 1. The maximum atomic E-state index is 10.1. The summed E-state index contributed by atoms with van der Waals surface area (Å²) in [7, 11) is 0. The Morgan fingerprint density at radius 2 is 2.07 bits per heavy atom. The van der Waals surface area contributed by atoms with Gasteiger partial charge in [-0.2, -0.15) is 0 Å². The van der Waals surface area contributed by atoms with Crippen molar-refractivity contribution in [3.8, 4) is 0 Å². The Morgan fingerprint density at radius 1 is 1.33 bits per heavy atom. The molecular formula is C12H14N2O. The van der Waals surface area contributed by atoms with Gasteiger partial charge in [0.15, 0.2) is 0 Å². The van der Waals surface area contributed by atoms with Crippen molar-refractivity contribution < 1.29 is 5.11 Å². The quantitative estimate of drug-likeness (QED) is 0.774. The summed E-state index contributed by atoms with van der Waals surface area (Å²) < 4.78 is 0. The normalized spacial score (nSPS) is 15.1. The van der Waals surface area contributed by atoms with Gasteiger partial charge in [0.2, 0.25) is 0 Å². The number of fused-ring (bicyclic) bond motifs is 1. The van der Waals surface area contributed by atoms with Gasteiger partial charge in [0, 0.05) is 18.1 Å². The lowest BCUT2D eigenvalue weighted by atomic mass is 9.93. The lowest BCUT2D eigenvalue weighted by Gasteiger charge is -2.22. The highest BCUT2D eigenvalue weighted by molar-refractivity contribution is 5.82. The molecule has 15 heavy (non-hydrogen) atoms. The topological polar surface area (TPSA) is 59.1 Å². The second kappa shape index (κ2) is 3.61. The predicted molar refractivity (Wildman–Crippen MR) is 60.4 cm³/mol. The number of hydrogen-bond donors (Lipinski definition) is 2. The standard InChI is InChI=1S/C12H14N2O/c1-12(15,8-13)10-6-7-14-11-5-3-2-4-9(10)11/h2-7,15H,8,13H2,1H3. The first-order chi connectivity index (χ1) is 7.15. The molecule has 1 aromatic carbocycles. The molecule has 3 N–H and O–H groups in total. The van der Waals surface area contributed by atoms with Gasteiger partial charge in [0.25, 0.3) is 0 Å². The molecule has 2 rings (SSSR count). The van der Waals surface area contributed by atoms with Crippen molar-refractivity contribution in [2.75, 3.05) is 6.54 Å². The third-order valence-electron chi connectivity index (χ3n) is 2.63. The Labute approximate surface area is 88.6 Å². The SMILES string of the molecule is CC(O)(CN)c1ccnc2ccccc12. The molecule has 0 fully saturated rings. The molecule has 1 unspecified atom stereocenters. The number of aromatic nitrogens is 1. The van der Waals surface area contributed by atoms with E-state index in [1.165, 1.54) is 0 Å². The summed E-state index contributed by atoms with van der Waals surface area (Å²) in [4.78, 5) is 4.24. The summed E-state index contributed by atoms with van der Waals surface area (Å²) >= 11 is 0. The van der Waals surface area contributed by atoms with Gasteiger partial charge < -0.3 is 10.8 Å². The Morgan fingerprint density at radius 3 is 2.80 bits per heavy atom. The highest BCUT2D eigenvalue weighted by atomic mass is 16.3. The summed E-state index contributed by atoms with van der Waals surface area (Å²) in [6.07, 6.45) is 1.70. The summed E-state index contributed by atoms with van der Waals surface area (Å²) in [5.74, 6) is 0. The van der Waals surface area contributed by atoms with Crippen molar-refractivity contribution in [2.45, 2.75) is 12.5 Å². The summed E-state index contributed by atoms with van der Waals surface area (Å²) in [5, 5.41) is 11.1. The van der Waals surface area contributed by atoms with Crippen molar-refractivity contribution in [1.82, 2.24) is 4.98 Å². The molecule has 0 spiro atoms. The van der Waals surface area contributed by atoms with Gasteiger partial charge in [-0.05, 0) is 24.6 Å². The van der Waals surface area contributed by atoms with E-state index in [1.807, 2.05) is 30.3 Å². The molecule has 0 saturated carbocycles. The number of hydrogen-bond acceptors (Lipinski definition) is 3. The zero-order chi connectivity index (χ0) is 10.9. The molecule has 0 aliphatic heterocycles. The van der Waals surface area contributed by atoms with Crippen LogP contribution >= 0.6 is 0 Å². The van der Waals surface area contributed by atoms with E-state index in [4.69, 9.17) is 5.73 Å². The van der Waals surface area contributed by atoms with Crippen LogP contribution in [0, 0.1) is 0 Å². The number of benzene rings is 1. The summed E-state index contributed by atoms with van der Waals surface area (Å²) in [6, 6.07) is 9.54. The van der Waals surface area contributed by atoms with E-state index >= 15 is 0 Å². The fourth-order valence-corrected chi connectivity index (χ4v) is 1.68. The van der Waals surface area contributed by atoms with Gasteiger partial charge in [0.05, 0.1) is 11.1 Å². The first kappa shape index (κ1) is 10.1. The van der Waals surface area contributed by atoms with E-state index in [2.05, 4.69) is 4.98 Å². The van der Waals surface area contributed by atoms with E-state index in [0.29, 0.717) is 0 Å². The highest BCUT2D eigenvalue weighted by Gasteiger charge is 2.23. The summed E-state index contributed by atoms with van der Waals surface area (Å²) in [5.41, 5.74) is 6.27. The third kappa shape index (κ3) is 1.71. The highest BCUT2D eigenvalue weighted by Crippen LogP contribution is 2.26. The van der Waals surface area contributed by atoms with Crippen LogP contribution in [0.25, 0.3) is 10.9 Å². The van der Waals surface area contributed by atoms with E-state index in [-0.39, 0.29) is 6.54 Å². The van der Waals surface area contributed by atoms with Crippen LogP contribution in [0.2, 0.25) is 0 Å². The fraction of sp³-hybridized carbons (Fsp3) is 0.250. The summed E-state index contributed by atoms with van der Waals surface area (Å²) in [6.45, 7) is 1.91. The van der Waals surface area contributed by atoms with Gasteiger partial charge in [-0.25, -0.2) is 0 Å². The maximum Gasteiger partial charge on any atom is 0.0997 e. The van der Waals surface area contributed by atoms with Crippen LogP contribution < -0.4 is 5.73 Å². The molecule has 0 amide bonds. The first-order valence-electron chi connectivity index (χ1n) is 4.92. The molecule has 2 aromatic rings. The first-order valence-corrected chi connectivity index (χ1v) is 4.92. The van der Waals surface area contributed by atoms with Crippen LogP contribution in [0.4, 0.5) is 0 Å². The number of aliphatic hydroxyl groups is 1. The minimum absolute atomic E-state index is 0.195. The lowest BCUT2D eigenvalue weighted by Crippen LogP contribution is -2.31. The largest absolute Gasteiger partial charge is 0.384 e. The number of rotatable bonds is 2. The molecule has 0 aliphatic carbocycles. The van der Waals surface area contributed by atoms with Crippen LogP contribution in [0.3, 0.4) is 0 Å². The van der Waals surface area contributed by atoms with Crippen LogP contribution in [0.15, 0.2) is 36.5 Å². The molecular weight excluding hydrogens is 188 g/mol. The Bertz CT molecular complexity index is 475. The number of para-hydroxylation sites is 1. The zero-order valence-electron chi connectivity index (χ0n) is 8.64. The van der Waals surface area contributed by atoms with Gasteiger partial charge in [0.1, 0.15) is 0 Å². The fourth-order valence-electron chi connectivity index (χ4n) is 1.68. The van der Waals surface area contributed by atoms with Crippen molar-refractivity contribution in [3.05, 3.63) is 42.1 Å². The number of pyridine rings is 1. The molecule has 0 saturated heterocycles. The van der Waals surface area contributed by atoms with E-state index < -0.39 is 5.60 Å². The van der Waals surface area contributed by atoms with Crippen molar-refractivity contribution in [2.24, 2.45) is 5.73 Å². The van der Waals surface area contributed by atoms with Crippen LogP contribution in [0.5, 0.6) is 0 Å². The zero-order valence-corrected chi connectivity index (χ0v) is 8.64. The van der Waals surface area contributed by atoms with Crippen molar-refractivity contribution in [1.29, 1.82) is 0 Å². The van der Waals surface area contributed by atoms with E-state index in [1.54, 1.807) is 13.1 Å². The molecule has 1 aromatic heterocycles. The average Bonchev–Trinajstić information content (AvgIpc) is 2.28. The average molecular weight is 202 g/mol. The van der Waals surface area contributed by atoms with Crippen LogP contribution in [0.1, 0.15) is 12.5 Å². The minimum Gasteiger partial charge on any atom is -0.384 e. The molecule has 3 heteroatoms. The Balaban J connectivity index is 2.71. The molecule has 0 bridgehead atoms. The molecule has 3 nitrogen and oxygen atoms in total. The van der Waals surface area contributed by atoms with E-state index in [9.17, 15) is 5.11 Å². The van der Waals surface area contributed by atoms with Gasteiger partial charge in [-0.1, -0.05) is 18.2 Å². The molecule has 1 heterocycles. The van der Waals surface area contributed by atoms with Gasteiger partial charge in [-0.15, -0.1) is 0 Å². The molecule has 1 atom stereocenters. The predicted octanol–water partition coefficient (Wildman–Crippen LogP) is 1.40. The third-order valence-corrected chi connectivity index (χ3v) is 2.63. The van der Waals surface area contributed by atoms with Crippen LogP contribution in [-0.2, 0) is 5.60 Å². The smallest absolute Gasteiger partial charge is 0.0997 e. The second-order valence-corrected chi connectivity index (χ2v) is 3.85. The molecule has 0 aliphatic rings. The second-order valence-electron chi connectivity index (χ2n) is 3.85. The van der Waals surface area contributed by atoms with Gasteiger partial charge in [-0.3, -0.25) is 4.98 Å². The minimum atomic E-state index is -0.997. The Hall–Kier alpha value is -1.45. The molecule has 0 radical (unpaired) electrons. The Kier molecular flexibility index (Phi) is 2.42. The number of nitrogens with zero attached hydrogens (tertiary/aromatic N) is 1. The van der Waals surface area contributed by atoms with Crippen LogP contribution in [-0.4, -0.2) is 16.6 Å². The monoisotopic (exact) mass is 202 g/mol. The van der Waals surface area contributed by atoms with E-state index in [0.717, 1.165) is 16.5 Å².